The van der Waals surface area contributed by atoms with Gasteiger partial charge in [0.05, 0.1) is 0 Å². The molecule has 0 saturated carbocycles. The molecule has 1 aromatic carbocycles. The molecular weight excluding hydrogens is 336 g/mol. The fourth-order valence-corrected chi connectivity index (χ4v) is 2.15. The predicted octanol–water partition coefficient (Wildman–Crippen LogP) is 4.34. The fourth-order valence-electron chi connectivity index (χ4n) is 1.36. The molecule has 0 atom stereocenters. The Morgan fingerprint density at radius 1 is 1.19 bits per heavy atom. The Morgan fingerprint density at radius 2 is 1.94 bits per heavy atom. The third kappa shape index (κ3) is 2.28. The number of hydrogen-bond donors (Lipinski definition) is 0. The maximum absolute atomic E-state index is 12.1. The molecule has 0 unspecified atom stereocenters. The highest BCUT2D eigenvalue weighted by Gasteiger charge is 2.16. The minimum atomic E-state index is -0.124. The number of ketones is 1. The van der Waals surface area contributed by atoms with Gasteiger partial charge >= 0.3 is 0 Å². The van der Waals surface area contributed by atoms with Gasteiger partial charge in [0.15, 0.2) is 5.76 Å². The van der Waals surface area contributed by atoms with Gasteiger partial charge in [0.2, 0.25) is 5.78 Å². The van der Waals surface area contributed by atoms with Gasteiger partial charge in [-0.3, -0.25) is 4.79 Å². The van der Waals surface area contributed by atoms with E-state index in [1.165, 1.54) is 0 Å². The Hall–Kier alpha value is -0.870. The number of aryl methyl sites for hydroxylation is 1. The van der Waals surface area contributed by atoms with Crippen LogP contribution in [0.3, 0.4) is 0 Å². The van der Waals surface area contributed by atoms with E-state index in [1.807, 2.05) is 19.1 Å². The zero-order chi connectivity index (χ0) is 11.7. The van der Waals surface area contributed by atoms with Crippen LogP contribution >= 0.6 is 31.9 Å². The van der Waals surface area contributed by atoms with Crippen molar-refractivity contribution in [2.45, 2.75) is 6.92 Å². The zero-order valence-electron chi connectivity index (χ0n) is 8.46. The summed E-state index contributed by atoms with van der Waals surface area (Å²) >= 11 is 6.69. The van der Waals surface area contributed by atoms with Gasteiger partial charge in [-0.05, 0) is 37.3 Å². The van der Waals surface area contributed by atoms with Crippen LogP contribution in [0.1, 0.15) is 21.9 Å². The Kier molecular flexibility index (Phi) is 3.30. The summed E-state index contributed by atoms with van der Waals surface area (Å²) in [5, 5.41) is 0. The van der Waals surface area contributed by atoms with Crippen LogP contribution in [0.15, 0.2) is 43.7 Å². The largest absolute Gasteiger partial charge is 0.458 e. The summed E-state index contributed by atoms with van der Waals surface area (Å²) in [6, 6.07) is 8.93. The third-order valence-electron chi connectivity index (χ3n) is 2.14. The Labute approximate surface area is 110 Å². The molecular formula is C12H8Br2O2. The van der Waals surface area contributed by atoms with Crippen molar-refractivity contribution in [2.75, 3.05) is 0 Å². The van der Waals surface area contributed by atoms with E-state index in [0.717, 1.165) is 14.7 Å². The topological polar surface area (TPSA) is 30.2 Å². The van der Waals surface area contributed by atoms with Crippen molar-refractivity contribution >= 4 is 37.6 Å². The summed E-state index contributed by atoms with van der Waals surface area (Å²) < 4.78 is 6.93. The van der Waals surface area contributed by atoms with Crippen molar-refractivity contribution in [3.63, 3.8) is 0 Å². The van der Waals surface area contributed by atoms with E-state index in [-0.39, 0.29) is 5.78 Å². The second-order valence-electron chi connectivity index (χ2n) is 3.36. The Morgan fingerprint density at radius 3 is 2.56 bits per heavy atom. The average molecular weight is 344 g/mol. The van der Waals surface area contributed by atoms with Crippen molar-refractivity contribution in [2.24, 2.45) is 0 Å². The van der Waals surface area contributed by atoms with Gasteiger partial charge in [-0.15, -0.1) is 0 Å². The zero-order valence-corrected chi connectivity index (χ0v) is 11.6. The number of halogens is 2. The monoisotopic (exact) mass is 342 g/mol. The van der Waals surface area contributed by atoms with E-state index in [9.17, 15) is 4.79 Å². The van der Waals surface area contributed by atoms with Crippen LogP contribution in [0.25, 0.3) is 0 Å². The minimum Gasteiger partial charge on any atom is -0.458 e. The molecule has 1 heterocycles. The SMILES string of the molecule is Cc1ccc(C(=O)c2cc(Br)ccc2Br)o1. The molecule has 0 aliphatic carbocycles. The number of hydrogen-bond acceptors (Lipinski definition) is 2. The van der Waals surface area contributed by atoms with Gasteiger partial charge in [0.25, 0.3) is 0 Å². The first kappa shape index (κ1) is 11.6. The van der Waals surface area contributed by atoms with Gasteiger partial charge in [-0.1, -0.05) is 31.9 Å². The molecule has 2 aromatic rings. The van der Waals surface area contributed by atoms with Gasteiger partial charge in [0, 0.05) is 14.5 Å². The molecule has 0 aliphatic heterocycles. The van der Waals surface area contributed by atoms with E-state index in [1.54, 1.807) is 18.2 Å². The maximum atomic E-state index is 12.1. The molecule has 16 heavy (non-hydrogen) atoms. The van der Waals surface area contributed by atoms with Crippen LogP contribution in [0.2, 0.25) is 0 Å². The molecule has 4 heteroatoms. The first-order chi connectivity index (χ1) is 7.58. The van der Waals surface area contributed by atoms with Crippen LogP contribution in [-0.4, -0.2) is 5.78 Å². The smallest absolute Gasteiger partial charge is 0.229 e. The molecule has 0 saturated heterocycles. The molecule has 0 N–H and O–H groups in total. The number of carbonyl (C=O) groups is 1. The minimum absolute atomic E-state index is 0.124. The molecule has 0 bridgehead atoms. The summed E-state index contributed by atoms with van der Waals surface area (Å²) in [5.41, 5.74) is 0.587. The third-order valence-corrected chi connectivity index (χ3v) is 3.32. The van der Waals surface area contributed by atoms with E-state index in [2.05, 4.69) is 31.9 Å². The molecule has 0 spiro atoms. The molecule has 2 rings (SSSR count). The molecule has 1 aromatic heterocycles. The second kappa shape index (κ2) is 4.55. The number of carbonyl (C=O) groups excluding carboxylic acids is 1. The molecule has 0 amide bonds. The van der Waals surface area contributed by atoms with Gasteiger partial charge in [-0.2, -0.15) is 0 Å². The van der Waals surface area contributed by atoms with Gasteiger partial charge in [-0.25, -0.2) is 0 Å². The summed E-state index contributed by atoms with van der Waals surface area (Å²) in [4.78, 5) is 12.1. The van der Waals surface area contributed by atoms with Gasteiger partial charge in [0.1, 0.15) is 5.76 Å². The summed E-state index contributed by atoms with van der Waals surface area (Å²) in [7, 11) is 0. The van der Waals surface area contributed by atoms with Crippen LogP contribution in [0.4, 0.5) is 0 Å². The van der Waals surface area contributed by atoms with E-state index >= 15 is 0 Å². The average Bonchev–Trinajstić information content (AvgIpc) is 2.67. The maximum Gasteiger partial charge on any atom is 0.229 e. The van der Waals surface area contributed by atoms with Crippen molar-refractivity contribution in [3.8, 4) is 0 Å². The van der Waals surface area contributed by atoms with Gasteiger partial charge < -0.3 is 4.42 Å². The predicted molar refractivity (Wildman–Crippen MR) is 68.7 cm³/mol. The van der Waals surface area contributed by atoms with E-state index < -0.39 is 0 Å². The summed E-state index contributed by atoms with van der Waals surface area (Å²) in [5.74, 6) is 0.965. The summed E-state index contributed by atoms with van der Waals surface area (Å²) in [6.07, 6.45) is 0. The normalized spacial score (nSPS) is 10.4. The lowest BCUT2D eigenvalue weighted by Gasteiger charge is -2.02. The van der Waals surface area contributed by atoms with E-state index in [4.69, 9.17) is 4.42 Å². The van der Waals surface area contributed by atoms with Crippen molar-refractivity contribution in [1.29, 1.82) is 0 Å². The van der Waals surface area contributed by atoms with E-state index in [0.29, 0.717) is 11.3 Å². The Balaban J connectivity index is 2.45. The van der Waals surface area contributed by atoms with Crippen molar-refractivity contribution < 1.29 is 9.21 Å². The van der Waals surface area contributed by atoms with Crippen molar-refractivity contribution in [3.05, 3.63) is 56.4 Å². The van der Waals surface area contributed by atoms with Crippen LogP contribution in [-0.2, 0) is 0 Å². The fraction of sp³-hybridized carbons (Fsp3) is 0.0833. The lowest BCUT2D eigenvalue weighted by atomic mass is 10.1. The lowest BCUT2D eigenvalue weighted by Crippen LogP contribution is -2.00. The molecule has 0 fully saturated rings. The quantitative estimate of drug-likeness (QED) is 0.759. The second-order valence-corrected chi connectivity index (χ2v) is 5.13. The van der Waals surface area contributed by atoms with Crippen LogP contribution in [0, 0.1) is 6.92 Å². The number of benzene rings is 1. The molecule has 2 nitrogen and oxygen atoms in total. The highest BCUT2D eigenvalue weighted by molar-refractivity contribution is 9.11. The highest BCUT2D eigenvalue weighted by Crippen LogP contribution is 2.24. The number of rotatable bonds is 2. The molecule has 0 radical (unpaired) electrons. The Bertz CT molecular complexity index is 544. The first-order valence-corrected chi connectivity index (χ1v) is 6.23. The van der Waals surface area contributed by atoms with Crippen molar-refractivity contribution in [1.82, 2.24) is 0 Å². The summed E-state index contributed by atoms with van der Waals surface area (Å²) in [6.45, 7) is 1.81. The van der Waals surface area contributed by atoms with Crippen LogP contribution < -0.4 is 0 Å². The molecule has 82 valence electrons. The standard InChI is InChI=1S/C12H8Br2O2/c1-7-2-5-11(16-7)12(15)9-6-8(13)3-4-10(9)14/h2-6H,1H3. The first-order valence-electron chi connectivity index (χ1n) is 4.64. The lowest BCUT2D eigenvalue weighted by molar-refractivity contribution is 0.101. The molecule has 0 aliphatic rings. The highest BCUT2D eigenvalue weighted by atomic mass is 79.9. The van der Waals surface area contributed by atoms with Crippen LogP contribution in [0.5, 0.6) is 0 Å². The number of furan rings is 1.